The summed E-state index contributed by atoms with van der Waals surface area (Å²) < 4.78 is 82.4. The number of rotatable bonds is 1. The first-order chi connectivity index (χ1) is 8.06. The molecule has 2 aliphatic rings. The number of piperidine rings is 1. The highest BCUT2D eigenvalue weighted by Gasteiger charge is 2.85. The molecule has 2 bridgehead atoms. The van der Waals surface area contributed by atoms with Gasteiger partial charge >= 0.3 is 12.4 Å². The Hall–Kier alpha value is -0.210. The smallest absolute Gasteiger partial charge is 0.375 e. The largest absolute Gasteiger partial charge is 0.454 e. The second-order valence-electron chi connectivity index (χ2n) is 4.67. The van der Waals surface area contributed by atoms with Crippen LogP contribution in [-0.2, 0) is 4.74 Å². The lowest BCUT2D eigenvalue weighted by molar-refractivity contribution is -0.800. The fourth-order valence-corrected chi connectivity index (χ4v) is 3.63. The van der Waals surface area contributed by atoms with Gasteiger partial charge < -0.3 is 10.1 Å². The molecule has 2 nitrogen and oxygen atoms in total. The van der Waals surface area contributed by atoms with Gasteiger partial charge in [-0.1, -0.05) is 0 Å². The second-order valence-corrected chi connectivity index (χ2v) is 5.17. The van der Waals surface area contributed by atoms with Crippen molar-refractivity contribution in [1.29, 1.82) is 0 Å². The third-order valence-electron chi connectivity index (χ3n) is 3.95. The Morgan fingerprint density at radius 1 is 1.17 bits per heavy atom. The number of alkyl halides is 7. The van der Waals surface area contributed by atoms with Crippen LogP contribution in [0.4, 0.5) is 26.3 Å². The van der Waals surface area contributed by atoms with Gasteiger partial charge in [0.1, 0.15) is 12.1 Å². The van der Waals surface area contributed by atoms with E-state index in [-0.39, 0.29) is 6.42 Å². The molecule has 1 aliphatic heterocycles. The van der Waals surface area contributed by atoms with Crippen LogP contribution < -0.4 is 5.32 Å². The molecule has 0 aromatic carbocycles. The predicted octanol–water partition coefficient (Wildman–Crippen LogP) is 1.44. The lowest BCUT2D eigenvalue weighted by atomic mass is 9.82. The van der Waals surface area contributed by atoms with Gasteiger partial charge in [0, 0.05) is 7.11 Å². The summed E-state index contributed by atoms with van der Waals surface area (Å²) in [6.45, 7) is 0. The molecule has 0 unspecified atom stereocenters. The number of quaternary nitrogens is 1. The van der Waals surface area contributed by atoms with E-state index >= 15 is 0 Å². The van der Waals surface area contributed by atoms with E-state index < -0.39 is 41.3 Å². The summed E-state index contributed by atoms with van der Waals surface area (Å²) in [6.07, 6.45) is -11.8. The Balaban J connectivity index is 2.44. The van der Waals surface area contributed by atoms with E-state index in [0.29, 0.717) is 5.32 Å². The van der Waals surface area contributed by atoms with Crippen LogP contribution in [0.2, 0.25) is 0 Å². The number of methoxy groups -OCH3 is 1. The average Bonchev–Trinajstić information content (AvgIpc) is 2.67. The van der Waals surface area contributed by atoms with E-state index in [1.54, 1.807) is 0 Å². The monoisotopic (exact) mass is 298 g/mol. The topological polar surface area (TPSA) is 25.8 Å². The van der Waals surface area contributed by atoms with Crippen LogP contribution in [0.5, 0.6) is 0 Å². The average molecular weight is 299 g/mol. The first-order valence-electron chi connectivity index (χ1n) is 5.22. The normalized spacial score (nSPS) is 39.3. The van der Waals surface area contributed by atoms with Crippen LogP contribution in [0.1, 0.15) is 6.42 Å². The van der Waals surface area contributed by atoms with Gasteiger partial charge in [-0.25, -0.2) is 0 Å². The molecule has 1 saturated heterocycles. The molecule has 0 radical (unpaired) electrons. The standard InChI is InChI=1S/C9H10ClF6NO/c1-18-4-2-3-5(10)6(4)17-7(3,8(11,12)13)9(14,15)16/h3-6,17H,2H2,1H3/p+1/t3-,4-,5-,6+/m0/s1. The van der Waals surface area contributed by atoms with Gasteiger partial charge in [0.25, 0.3) is 5.54 Å². The molecule has 0 amide bonds. The van der Waals surface area contributed by atoms with Gasteiger partial charge in [-0.3, -0.25) is 0 Å². The van der Waals surface area contributed by atoms with Gasteiger partial charge in [-0.15, -0.1) is 11.6 Å². The molecular formula is C9H11ClF6NO+. The lowest BCUT2D eigenvalue weighted by Gasteiger charge is -2.38. The molecule has 1 heterocycles. The molecule has 1 aliphatic carbocycles. The Morgan fingerprint density at radius 2 is 1.67 bits per heavy atom. The molecule has 18 heavy (non-hydrogen) atoms. The fourth-order valence-electron chi connectivity index (χ4n) is 3.10. The van der Waals surface area contributed by atoms with E-state index in [9.17, 15) is 26.3 Å². The van der Waals surface area contributed by atoms with Crippen LogP contribution in [0, 0.1) is 5.92 Å². The summed E-state index contributed by atoms with van der Waals surface area (Å²) in [7, 11) is 1.26. The third kappa shape index (κ3) is 1.58. The van der Waals surface area contributed by atoms with Crippen LogP contribution >= 0.6 is 11.6 Å². The van der Waals surface area contributed by atoms with E-state index in [2.05, 4.69) is 0 Å². The van der Waals surface area contributed by atoms with Crippen molar-refractivity contribution in [1.82, 2.24) is 0 Å². The SMILES string of the molecule is CO[C@H]1C[C@H]2[C@H](Cl)[C@@H]1[NH2+]C2(C(F)(F)F)C(F)(F)F. The minimum absolute atomic E-state index is 0.299. The van der Waals surface area contributed by atoms with Crippen molar-refractivity contribution in [3.8, 4) is 0 Å². The van der Waals surface area contributed by atoms with Crippen molar-refractivity contribution in [2.75, 3.05) is 7.11 Å². The van der Waals surface area contributed by atoms with Crippen molar-refractivity contribution in [3.63, 3.8) is 0 Å². The highest BCUT2D eigenvalue weighted by atomic mass is 35.5. The number of nitrogens with two attached hydrogens (primary N) is 1. The van der Waals surface area contributed by atoms with Crippen molar-refractivity contribution >= 4 is 11.6 Å². The maximum atomic E-state index is 12.9. The molecule has 1 saturated carbocycles. The maximum Gasteiger partial charge on any atom is 0.454 e. The number of ether oxygens (including phenoxy) is 1. The number of hydrogen-bond acceptors (Lipinski definition) is 1. The minimum atomic E-state index is -5.39. The molecule has 0 aromatic heterocycles. The first-order valence-corrected chi connectivity index (χ1v) is 5.66. The van der Waals surface area contributed by atoms with Crippen LogP contribution in [0.3, 0.4) is 0 Å². The fraction of sp³-hybridized carbons (Fsp3) is 1.00. The molecular weight excluding hydrogens is 288 g/mol. The van der Waals surface area contributed by atoms with Gasteiger partial charge in [0.05, 0.1) is 11.3 Å². The molecule has 2 fully saturated rings. The lowest BCUT2D eigenvalue weighted by Crippen LogP contribution is -3.07. The van der Waals surface area contributed by atoms with Crippen molar-refractivity contribution in [2.45, 2.75) is 41.8 Å². The molecule has 0 spiro atoms. The van der Waals surface area contributed by atoms with Crippen LogP contribution in [0.15, 0.2) is 0 Å². The van der Waals surface area contributed by atoms with Crippen LogP contribution in [0.25, 0.3) is 0 Å². The molecule has 4 atom stereocenters. The zero-order valence-electron chi connectivity index (χ0n) is 9.15. The zero-order chi connectivity index (χ0) is 13.9. The summed E-state index contributed by atoms with van der Waals surface area (Å²) >= 11 is 5.73. The van der Waals surface area contributed by atoms with Gasteiger partial charge in [0.2, 0.25) is 0 Å². The van der Waals surface area contributed by atoms with Gasteiger partial charge in [-0.05, 0) is 6.42 Å². The van der Waals surface area contributed by atoms with E-state index in [1.165, 1.54) is 7.11 Å². The predicted molar refractivity (Wildman–Crippen MR) is 49.1 cm³/mol. The summed E-state index contributed by atoms with van der Waals surface area (Å²) in [4.78, 5) is 0. The Labute approximate surface area is 104 Å². The van der Waals surface area contributed by atoms with Gasteiger partial charge in [0.15, 0.2) is 0 Å². The molecule has 2 rings (SSSR count). The summed E-state index contributed by atoms with van der Waals surface area (Å²) in [5, 5.41) is -0.897. The van der Waals surface area contributed by atoms with Crippen LogP contribution in [-0.4, -0.2) is 42.5 Å². The van der Waals surface area contributed by atoms with E-state index in [1.807, 2.05) is 0 Å². The molecule has 9 heteroatoms. The van der Waals surface area contributed by atoms with Crippen molar-refractivity contribution in [2.24, 2.45) is 5.92 Å². The Morgan fingerprint density at radius 3 is 1.94 bits per heavy atom. The van der Waals surface area contributed by atoms with Crippen molar-refractivity contribution in [3.05, 3.63) is 0 Å². The van der Waals surface area contributed by atoms with Crippen molar-refractivity contribution < 1.29 is 36.4 Å². The minimum Gasteiger partial charge on any atom is -0.375 e. The summed E-state index contributed by atoms with van der Waals surface area (Å²) in [5.74, 6) is -1.71. The number of fused-ring (bicyclic) bond motifs is 2. The van der Waals surface area contributed by atoms with Gasteiger partial charge in [-0.2, -0.15) is 26.3 Å². The molecule has 2 N–H and O–H groups in total. The second kappa shape index (κ2) is 3.89. The highest BCUT2D eigenvalue weighted by Crippen LogP contribution is 2.54. The third-order valence-corrected chi connectivity index (χ3v) is 4.54. The molecule has 0 aromatic rings. The number of hydrogen-bond donors (Lipinski definition) is 1. The summed E-state index contributed by atoms with van der Waals surface area (Å²) in [5.41, 5.74) is -3.80. The number of halogens is 7. The molecule has 106 valence electrons. The Kier molecular flexibility index (Phi) is 3.07. The van der Waals surface area contributed by atoms with E-state index in [0.717, 1.165) is 0 Å². The maximum absolute atomic E-state index is 12.9. The quantitative estimate of drug-likeness (QED) is 0.575. The first kappa shape index (κ1) is 14.2. The Bertz CT molecular complexity index is 329. The van der Waals surface area contributed by atoms with E-state index in [4.69, 9.17) is 16.3 Å². The zero-order valence-corrected chi connectivity index (χ0v) is 9.90. The summed E-state index contributed by atoms with van der Waals surface area (Å²) in [6, 6.07) is -1.02. The highest BCUT2D eigenvalue weighted by molar-refractivity contribution is 6.21.